The molecule has 0 radical (unpaired) electrons. The van der Waals surface area contributed by atoms with Gasteiger partial charge in [-0.25, -0.2) is 0 Å². The van der Waals surface area contributed by atoms with Gasteiger partial charge in [-0.2, -0.15) is 0 Å². The number of para-hydroxylation sites is 2. The Morgan fingerprint density at radius 2 is 0.920 bits per heavy atom. The highest BCUT2D eigenvalue weighted by Crippen LogP contribution is 2.35. The quantitative estimate of drug-likeness (QED) is 0.398. The van der Waals surface area contributed by atoms with Gasteiger partial charge in [0.1, 0.15) is 0 Å². The van der Waals surface area contributed by atoms with E-state index in [9.17, 15) is 0 Å². The molecule has 0 saturated carbocycles. The number of hydrogen-bond donors (Lipinski definition) is 0. The van der Waals surface area contributed by atoms with E-state index in [0.29, 0.717) is 6.04 Å². The van der Waals surface area contributed by atoms with Gasteiger partial charge in [-0.05, 0) is 47.5 Å². The van der Waals surface area contributed by atoms with E-state index in [1.165, 1.54) is 0 Å². The summed E-state index contributed by atoms with van der Waals surface area (Å²) in [6, 6.07) is 37.4. The fourth-order valence-electron chi connectivity index (χ4n) is 2.98. The van der Waals surface area contributed by atoms with Gasteiger partial charge in [0.2, 0.25) is 0 Å². The Morgan fingerprint density at radius 1 is 0.440 bits per heavy atom. The van der Waals surface area contributed by atoms with Gasteiger partial charge < -0.3 is 4.90 Å². The summed E-state index contributed by atoms with van der Waals surface area (Å²) in [5, 5.41) is 0. The van der Waals surface area contributed by atoms with Crippen molar-refractivity contribution in [1.82, 2.24) is 0 Å². The van der Waals surface area contributed by atoms with Crippen molar-refractivity contribution in [2.45, 2.75) is 0 Å². The maximum absolute atomic E-state index is 7.81. The summed E-state index contributed by atoms with van der Waals surface area (Å²) in [6.07, 6.45) is 0. The number of anilines is 3. The van der Waals surface area contributed by atoms with Crippen LogP contribution in [0.5, 0.6) is 0 Å². The minimum absolute atomic E-state index is 0.529. The first-order valence-corrected chi connectivity index (χ1v) is 8.38. The SMILES string of the molecule is [3H]c1cccc(-c2ccc(N(c3ccccc3)c3ccccc3)cc2)c1. The van der Waals surface area contributed by atoms with Crippen LogP contribution in [0.15, 0.2) is 115 Å². The molecule has 25 heavy (non-hydrogen) atoms. The van der Waals surface area contributed by atoms with E-state index in [-0.39, 0.29) is 0 Å². The Morgan fingerprint density at radius 3 is 1.48 bits per heavy atom. The van der Waals surface area contributed by atoms with Gasteiger partial charge in [0.15, 0.2) is 0 Å². The van der Waals surface area contributed by atoms with Crippen LogP contribution in [0.2, 0.25) is 0 Å². The molecule has 4 aromatic rings. The van der Waals surface area contributed by atoms with E-state index in [4.69, 9.17) is 1.37 Å². The Labute approximate surface area is 150 Å². The molecule has 0 atom stereocenters. The van der Waals surface area contributed by atoms with E-state index < -0.39 is 0 Å². The van der Waals surface area contributed by atoms with Crippen molar-refractivity contribution in [3.63, 3.8) is 0 Å². The summed E-state index contributed by atoms with van der Waals surface area (Å²) in [5.74, 6) is 0. The predicted octanol–water partition coefficient (Wildman–Crippen LogP) is 6.82. The Bertz CT molecular complexity index is 940. The normalized spacial score (nSPS) is 11.0. The first-order valence-electron chi connectivity index (χ1n) is 8.88. The molecule has 0 amide bonds. The lowest BCUT2D eigenvalue weighted by Crippen LogP contribution is -2.09. The molecule has 0 fully saturated rings. The zero-order valence-corrected chi connectivity index (χ0v) is 13.8. The van der Waals surface area contributed by atoms with Crippen LogP contribution in [-0.2, 0) is 0 Å². The van der Waals surface area contributed by atoms with Gasteiger partial charge in [0, 0.05) is 17.1 Å². The van der Waals surface area contributed by atoms with Crippen LogP contribution >= 0.6 is 0 Å². The molecule has 4 aromatic carbocycles. The molecule has 4 rings (SSSR count). The van der Waals surface area contributed by atoms with Crippen molar-refractivity contribution in [2.75, 3.05) is 4.90 Å². The Kier molecular flexibility index (Phi) is 3.97. The summed E-state index contributed by atoms with van der Waals surface area (Å²) in [5.41, 5.74) is 5.53. The second-order valence-electron chi connectivity index (χ2n) is 5.85. The van der Waals surface area contributed by atoms with Crippen LogP contribution < -0.4 is 4.90 Å². The number of rotatable bonds is 4. The smallest absolute Gasteiger partial charge is 0.0623 e. The monoisotopic (exact) mass is 323 g/mol. The van der Waals surface area contributed by atoms with Gasteiger partial charge in [0.25, 0.3) is 0 Å². The number of hydrogen-bond acceptors (Lipinski definition) is 1. The zero-order valence-electron chi connectivity index (χ0n) is 14.8. The van der Waals surface area contributed by atoms with Crippen molar-refractivity contribution in [2.24, 2.45) is 0 Å². The topological polar surface area (TPSA) is 3.24 Å². The molecule has 1 nitrogen and oxygen atoms in total. The van der Waals surface area contributed by atoms with E-state index in [1.54, 1.807) is 6.07 Å². The van der Waals surface area contributed by atoms with Crippen molar-refractivity contribution in [3.8, 4) is 11.1 Å². The lowest BCUT2D eigenvalue weighted by Gasteiger charge is -2.25. The minimum Gasteiger partial charge on any atom is -0.311 e. The summed E-state index contributed by atoms with van der Waals surface area (Å²) in [6.45, 7) is 0. The fourth-order valence-corrected chi connectivity index (χ4v) is 2.98. The third-order valence-electron chi connectivity index (χ3n) is 4.19. The van der Waals surface area contributed by atoms with Crippen LogP contribution in [0.1, 0.15) is 1.37 Å². The highest BCUT2D eigenvalue weighted by molar-refractivity contribution is 5.78. The predicted molar refractivity (Wildman–Crippen MR) is 107 cm³/mol. The van der Waals surface area contributed by atoms with Crippen LogP contribution in [0.25, 0.3) is 11.1 Å². The molecular weight excluding hydrogens is 302 g/mol. The van der Waals surface area contributed by atoms with Crippen molar-refractivity contribution >= 4 is 17.1 Å². The van der Waals surface area contributed by atoms with Crippen molar-refractivity contribution in [3.05, 3.63) is 115 Å². The third-order valence-corrected chi connectivity index (χ3v) is 4.19. The molecule has 0 unspecified atom stereocenters. The lowest BCUT2D eigenvalue weighted by molar-refractivity contribution is 1.28. The molecular formula is C24H19N. The van der Waals surface area contributed by atoms with Crippen LogP contribution in [-0.4, -0.2) is 0 Å². The second kappa shape index (κ2) is 7.06. The maximum Gasteiger partial charge on any atom is 0.0623 e. The lowest BCUT2D eigenvalue weighted by atomic mass is 10.0. The van der Waals surface area contributed by atoms with Crippen molar-refractivity contribution in [1.29, 1.82) is 0 Å². The average Bonchev–Trinajstić information content (AvgIpc) is 2.70. The Balaban J connectivity index is 1.75. The summed E-state index contributed by atoms with van der Waals surface area (Å²) in [7, 11) is 0. The van der Waals surface area contributed by atoms with Crippen LogP contribution in [0.4, 0.5) is 17.1 Å². The van der Waals surface area contributed by atoms with Gasteiger partial charge in [0.05, 0.1) is 1.37 Å². The molecule has 0 N–H and O–H groups in total. The van der Waals surface area contributed by atoms with Gasteiger partial charge in [-0.1, -0.05) is 78.8 Å². The minimum atomic E-state index is 0.529. The van der Waals surface area contributed by atoms with Gasteiger partial charge in [-0.15, -0.1) is 0 Å². The molecule has 0 bridgehead atoms. The second-order valence-corrected chi connectivity index (χ2v) is 5.85. The largest absolute Gasteiger partial charge is 0.311 e. The molecule has 0 saturated heterocycles. The summed E-state index contributed by atoms with van der Waals surface area (Å²) < 4.78 is 7.81. The Hall–Kier alpha value is -3.32. The van der Waals surface area contributed by atoms with Crippen LogP contribution in [0, 0.1) is 0 Å². The van der Waals surface area contributed by atoms with E-state index >= 15 is 0 Å². The molecule has 0 aliphatic rings. The standard InChI is InChI=1S/C24H19N/c1-4-10-20(11-5-1)21-16-18-24(19-17-21)25(22-12-6-2-7-13-22)23-14-8-3-9-15-23/h1-19H/i4T. The highest BCUT2D eigenvalue weighted by atomic mass is 15.1. The molecule has 0 aromatic heterocycles. The molecule has 0 aliphatic carbocycles. The zero-order chi connectivity index (χ0) is 17.8. The third kappa shape index (κ3) is 3.31. The first kappa shape index (κ1) is 14.1. The van der Waals surface area contributed by atoms with Gasteiger partial charge >= 0.3 is 0 Å². The molecule has 0 spiro atoms. The van der Waals surface area contributed by atoms with Crippen LogP contribution in [0.3, 0.4) is 0 Å². The summed E-state index contributed by atoms with van der Waals surface area (Å²) in [4.78, 5) is 2.24. The first-order chi connectivity index (χ1) is 12.8. The average molecular weight is 323 g/mol. The van der Waals surface area contributed by atoms with E-state index in [1.807, 2.05) is 30.3 Å². The molecule has 0 heterocycles. The molecule has 1 heteroatoms. The molecule has 0 aliphatic heterocycles. The highest BCUT2D eigenvalue weighted by Gasteiger charge is 2.11. The fraction of sp³-hybridized carbons (Fsp3) is 0. The van der Waals surface area contributed by atoms with Gasteiger partial charge in [-0.3, -0.25) is 0 Å². The maximum atomic E-state index is 7.81. The van der Waals surface area contributed by atoms with E-state index in [0.717, 1.165) is 28.2 Å². The molecule has 120 valence electrons. The van der Waals surface area contributed by atoms with Crippen molar-refractivity contribution < 1.29 is 1.37 Å². The summed E-state index contributed by atoms with van der Waals surface area (Å²) >= 11 is 0. The number of nitrogens with zero attached hydrogens (tertiary/aromatic N) is 1. The number of benzene rings is 4. The van der Waals surface area contributed by atoms with E-state index in [2.05, 4.69) is 77.7 Å².